The van der Waals surface area contributed by atoms with E-state index in [1.807, 2.05) is 13.2 Å². The molecule has 0 aromatic heterocycles. The van der Waals surface area contributed by atoms with Crippen LogP contribution in [-0.4, -0.2) is 49.5 Å². The summed E-state index contributed by atoms with van der Waals surface area (Å²) in [6, 6.07) is 17.7. The highest BCUT2D eigenvalue weighted by molar-refractivity contribution is 5.63. The predicted molar refractivity (Wildman–Crippen MR) is 139 cm³/mol. The summed E-state index contributed by atoms with van der Waals surface area (Å²) in [6.07, 6.45) is 8.23. The third-order valence-electron chi connectivity index (χ3n) is 11.4. The van der Waals surface area contributed by atoms with Gasteiger partial charge in [-0.15, -0.1) is 0 Å². The maximum Gasteiger partial charge on any atom is 0.141 e. The van der Waals surface area contributed by atoms with Crippen LogP contribution in [0.25, 0.3) is 0 Å². The molecule has 1 unspecified atom stereocenters. The molecule has 4 saturated carbocycles. The van der Waals surface area contributed by atoms with Crippen molar-refractivity contribution in [2.75, 3.05) is 26.8 Å². The third kappa shape index (κ3) is 2.80. The van der Waals surface area contributed by atoms with Gasteiger partial charge < -0.3 is 14.2 Å². The molecule has 192 valence electrons. The van der Waals surface area contributed by atoms with E-state index in [1.165, 1.54) is 42.5 Å². The SMILES string of the molecule is CO[C@]12CC[C@@]3(C[C@@H]1COCc1ccccc1)C1Cc4ccc(C#N)c5c4[C@@]3(CCN1CC1CC1)[C@H]2O5. The molecule has 1 saturated heterocycles. The number of likely N-dealkylation sites (tertiary alicyclic amines) is 1. The van der Waals surface area contributed by atoms with E-state index >= 15 is 0 Å². The molecule has 0 radical (unpaired) electrons. The summed E-state index contributed by atoms with van der Waals surface area (Å²) < 4.78 is 20.1. The van der Waals surface area contributed by atoms with Crippen LogP contribution in [0.4, 0.5) is 0 Å². The largest absolute Gasteiger partial charge is 0.485 e. The Morgan fingerprint density at radius 2 is 1.97 bits per heavy atom. The highest BCUT2D eigenvalue weighted by Gasteiger charge is 2.80. The molecular formula is C32H36N2O3. The van der Waals surface area contributed by atoms with Crippen LogP contribution >= 0.6 is 0 Å². The Hall–Kier alpha value is -2.39. The first-order chi connectivity index (χ1) is 18.1. The lowest BCUT2D eigenvalue weighted by atomic mass is 9.35. The zero-order chi connectivity index (χ0) is 24.8. The van der Waals surface area contributed by atoms with Gasteiger partial charge in [0.2, 0.25) is 0 Å². The molecule has 0 amide bonds. The second-order valence-corrected chi connectivity index (χ2v) is 12.7. The van der Waals surface area contributed by atoms with Gasteiger partial charge in [-0.05, 0) is 74.6 Å². The Bertz CT molecular complexity index is 1280. The lowest BCUT2D eigenvalue weighted by Crippen LogP contribution is -2.81. The number of rotatable bonds is 7. The van der Waals surface area contributed by atoms with Crippen LogP contribution in [0.5, 0.6) is 5.75 Å². The van der Waals surface area contributed by atoms with Gasteiger partial charge in [0.05, 0.1) is 18.8 Å². The van der Waals surface area contributed by atoms with Gasteiger partial charge in [-0.25, -0.2) is 0 Å². The van der Waals surface area contributed by atoms with E-state index in [2.05, 4.69) is 47.4 Å². The molecule has 5 nitrogen and oxygen atoms in total. The second kappa shape index (κ2) is 7.82. The van der Waals surface area contributed by atoms with Gasteiger partial charge in [0.1, 0.15) is 23.5 Å². The zero-order valence-corrected chi connectivity index (χ0v) is 21.7. The molecule has 37 heavy (non-hydrogen) atoms. The fourth-order valence-corrected chi connectivity index (χ4v) is 9.74. The summed E-state index contributed by atoms with van der Waals surface area (Å²) in [5, 5.41) is 10.0. The van der Waals surface area contributed by atoms with Crippen molar-refractivity contribution < 1.29 is 14.2 Å². The topological polar surface area (TPSA) is 54.7 Å². The van der Waals surface area contributed by atoms with Gasteiger partial charge >= 0.3 is 0 Å². The molecule has 2 spiro atoms. The van der Waals surface area contributed by atoms with Crippen molar-refractivity contribution in [2.24, 2.45) is 17.3 Å². The number of ether oxygens (including phenoxy) is 3. The van der Waals surface area contributed by atoms with Crippen LogP contribution in [0, 0.1) is 28.6 Å². The zero-order valence-electron chi connectivity index (χ0n) is 21.7. The molecular weight excluding hydrogens is 460 g/mol. The van der Waals surface area contributed by atoms with Crippen molar-refractivity contribution in [3.05, 3.63) is 64.7 Å². The Labute approximate surface area is 219 Å². The minimum Gasteiger partial charge on any atom is -0.485 e. The van der Waals surface area contributed by atoms with E-state index in [1.54, 1.807) is 0 Å². The normalized spacial score (nSPS) is 38.6. The summed E-state index contributed by atoms with van der Waals surface area (Å²) in [7, 11) is 1.89. The maximum absolute atomic E-state index is 10.0. The molecule has 7 aliphatic rings. The highest BCUT2D eigenvalue weighted by atomic mass is 16.6. The molecule has 5 aliphatic carbocycles. The summed E-state index contributed by atoms with van der Waals surface area (Å²) in [4.78, 5) is 2.87. The lowest BCUT2D eigenvalue weighted by molar-refractivity contribution is -0.283. The molecule has 9 rings (SSSR count). The molecule has 0 N–H and O–H groups in total. The summed E-state index contributed by atoms with van der Waals surface area (Å²) in [5.74, 6) is 2.03. The number of benzene rings is 2. The quantitative estimate of drug-likeness (QED) is 0.540. The van der Waals surface area contributed by atoms with Gasteiger partial charge in [-0.3, -0.25) is 4.90 Å². The van der Waals surface area contributed by atoms with Crippen molar-refractivity contribution in [1.29, 1.82) is 5.26 Å². The summed E-state index contributed by atoms with van der Waals surface area (Å²) in [6.45, 7) is 3.69. The number of piperidine rings is 1. The van der Waals surface area contributed by atoms with Crippen molar-refractivity contribution in [3.8, 4) is 11.8 Å². The first-order valence-corrected chi connectivity index (χ1v) is 14.3. The van der Waals surface area contributed by atoms with Crippen LogP contribution in [0.3, 0.4) is 0 Å². The smallest absolute Gasteiger partial charge is 0.141 e. The van der Waals surface area contributed by atoms with Gasteiger partial charge in [-0.2, -0.15) is 5.26 Å². The van der Waals surface area contributed by atoms with Crippen LogP contribution in [0.15, 0.2) is 42.5 Å². The van der Waals surface area contributed by atoms with Gasteiger partial charge in [0.25, 0.3) is 0 Å². The van der Waals surface area contributed by atoms with Crippen molar-refractivity contribution >= 4 is 0 Å². The number of hydrogen-bond acceptors (Lipinski definition) is 5. The fourth-order valence-electron chi connectivity index (χ4n) is 9.74. The minimum absolute atomic E-state index is 0.0491. The second-order valence-electron chi connectivity index (χ2n) is 12.7. The number of methoxy groups -OCH3 is 1. The van der Waals surface area contributed by atoms with E-state index in [-0.39, 0.29) is 28.5 Å². The van der Waals surface area contributed by atoms with Crippen molar-refractivity contribution in [1.82, 2.24) is 4.90 Å². The number of fused-ring (bicyclic) bond motifs is 2. The Balaban J connectivity index is 1.23. The third-order valence-corrected chi connectivity index (χ3v) is 11.4. The van der Waals surface area contributed by atoms with Crippen LogP contribution in [0.2, 0.25) is 0 Å². The lowest BCUT2D eigenvalue weighted by Gasteiger charge is -2.74. The van der Waals surface area contributed by atoms with Crippen LogP contribution in [0.1, 0.15) is 60.8 Å². The first kappa shape index (κ1) is 22.6. The van der Waals surface area contributed by atoms with E-state index in [0.29, 0.717) is 24.8 Å². The molecule has 5 fully saturated rings. The minimum atomic E-state index is -0.387. The highest BCUT2D eigenvalue weighted by Crippen LogP contribution is 2.76. The molecule has 2 heterocycles. The van der Waals surface area contributed by atoms with E-state index in [0.717, 1.165) is 43.9 Å². The van der Waals surface area contributed by atoms with E-state index < -0.39 is 0 Å². The first-order valence-electron chi connectivity index (χ1n) is 14.3. The molecule has 6 atom stereocenters. The van der Waals surface area contributed by atoms with Gasteiger partial charge in [0, 0.05) is 42.0 Å². The molecule has 5 heteroatoms. The Kier molecular flexibility index (Phi) is 4.77. The maximum atomic E-state index is 10.0. The Morgan fingerprint density at radius 1 is 1.11 bits per heavy atom. The van der Waals surface area contributed by atoms with Crippen molar-refractivity contribution in [2.45, 2.75) is 74.7 Å². The van der Waals surface area contributed by atoms with Gasteiger partial charge in [0.15, 0.2) is 0 Å². The molecule has 4 bridgehead atoms. The molecule has 2 aromatic rings. The van der Waals surface area contributed by atoms with Gasteiger partial charge in [-0.1, -0.05) is 36.4 Å². The fraction of sp³-hybridized carbons (Fsp3) is 0.594. The van der Waals surface area contributed by atoms with E-state index in [9.17, 15) is 5.26 Å². The average molecular weight is 497 g/mol. The predicted octanol–water partition coefficient (Wildman–Crippen LogP) is 5.00. The monoisotopic (exact) mass is 496 g/mol. The summed E-state index contributed by atoms with van der Waals surface area (Å²) in [5.41, 5.74) is 4.41. The summed E-state index contributed by atoms with van der Waals surface area (Å²) >= 11 is 0. The molecule has 2 aliphatic heterocycles. The van der Waals surface area contributed by atoms with Crippen LogP contribution in [-0.2, 0) is 27.9 Å². The number of nitriles is 1. The van der Waals surface area contributed by atoms with Crippen LogP contribution < -0.4 is 4.74 Å². The number of hydrogen-bond donors (Lipinski definition) is 0. The Morgan fingerprint density at radius 3 is 2.76 bits per heavy atom. The standard InChI is InChI=1S/C32H36N2O3/c1-35-32-12-11-30(16-25(32)20-36-19-22-5-3-2-4-6-22)26-15-23-9-10-24(17-33)28-27(23)31(30,29(32)37-28)13-14-34(26)18-21-7-8-21/h2-6,9-10,21,25-26,29H,7-8,11-16,18-20H2,1H3/t25-,26?,29-,30-,31+,32-/m1/s1. The van der Waals surface area contributed by atoms with Crippen molar-refractivity contribution in [3.63, 3.8) is 0 Å². The average Bonchev–Trinajstić information content (AvgIpc) is 3.68. The van der Waals surface area contributed by atoms with E-state index in [4.69, 9.17) is 14.2 Å². The molecule has 2 aromatic carbocycles. The number of nitrogens with zero attached hydrogens (tertiary/aromatic N) is 2.